The zero-order valence-electron chi connectivity index (χ0n) is 24.5. The van der Waals surface area contributed by atoms with Crippen molar-refractivity contribution >= 4 is 17.6 Å². The average Bonchev–Trinajstić information content (AvgIpc) is 3.17. The van der Waals surface area contributed by atoms with Crippen LogP contribution in [0.3, 0.4) is 0 Å². The van der Waals surface area contributed by atoms with Gasteiger partial charge in [-0.05, 0) is 69.1 Å². The van der Waals surface area contributed by atoms with Gasteiger partial charge in [0.2, 0.25) is 18.0 Å². The predicted octanol–water partition coefficient (Wildman–Crippen LogP) is 4.48. The lowest BCUT2D eigenvalue weighted by Gasteiger charge is -2.59. The van der Waals surface area contributed by atoms with Crippen molar-refractivity contribution in [3.63, 3.8) is 0 Å². The molecule has 6 fully saturated rings. The molecule has 0 unspecified atom stereocenters. The van der Waals surface area contributed by atoms with Gasteiger partial charge >= 0.3 is 5.97 Å². The fourth-order valence-electron chi connectivity index (χ4n) is 7.82. The Hall–Kier alpha value is -2.20. The maximum Gasteiger partial charge on any atom is 0.308 e. The number of amides is 1. The van der Waals surface area contributed by atoms with E-state index in [1.165, 1.54) is 16.8 Å². The Morgan fingerprint density at radius 3 is 2.55 bits per heavy atom. The van der Waals surface area contributed by atoms with Crippen LogP contribution in [-0.2, 0) is 33.6 Å². The summed E-state index contributed by atoms with van der Waals surface area (Å²) in [6, 6.07) is 6.47. The Bertz CT molecular complexity index is 1140. The monoisotopic (exact) mass is 556 g/mol. The summed E-state index contributed by atoms with van der Waals surface area (Å²) in [6.45, 7) is 13.3. The van der Waals surface area contributed by atoms with Gasteiger partial charge < -0.3 is 24.0 Å². The molecule has 0 radical (unpaired) electrons. The first kappa shape index (κ1) is 27.9. The highest BCUT2D eigenvalue weighted by Crippen LogP contribution is 2.60. The number of hydrogen-bond donors (Lipinski definition) is 0. The average molecular weight is 557 g/mol. The molecule has 5 aliphatic heterocycles. The van der Waals surface area contributed by atoms with Crippen molar-refractivity contribution in [2.24, 2.45) is 23.7 Å². The summed E-state index contributed by atoms with van der Waals surface area (Å²) in [5.41, 5.74) is 3.02. The molecule has 40 heavy (non-hydrogen) atoms. The Labute approximate surface area is 237 Å². The number of fused-ring (bicyclic) bond motifs is 2. The third-order valence-electron chi connectivity index (χ3n) is 10.2. The molecule has 1 aliphatic carbocycles. The Kier molecular flexibility index (Phi) is 7.38. The standard InChI is InChI=1S/C31H44N2O7/c1-19-6-7-21(3)25(18-19)32-14-16-33(17-15-32)26(34)10-11-27(35)36-28-22(4)24-9-8-20(2)23-12-13-30(5)38-29(37-28)31(23,24)40-39-30/h6-7,18,20,22-24,28-29H,8-17H2,1-5H3/t20-,22-,23-,24+,28-,29-,30-,31-/m1/s1. The minimum atomic E-state index is -0.874. The zero-order valence-corrected chi connectivity index (χ0v) is 24.5. The summed E-state index contributed by atoms with van der Waals surface area (Å²) >= 11 is 0. The van der Waals surface area contributed by atoms with Gasteiger partial charge in [-0.1, -0.05) is 26.0 Å². The number of nitrogens with zero attached hydrogens (tertiary/aromatic N) is 2. The van der Waals surface area contributed by atoms with Crippen LogP contribution in [0.25, 0.3) is 0 Å². The van der Waals surface area contributed by atoms with E-state index in [1.807, 2.05) is 11.8 Å². The van der Waals surface area contributed by atoms with E-state index in [-0.39, 0.29) is 36.5 Å². The van der Waals surface area contributed by atoms with Crippen LogP contribution in [0.4, 0.5) is 5.69 Å². The molecule has 220 valence electrons. The van der Waals surface area contributed by atoms with E-state index >= 15 is 0 Å². The van der Waals surface area contributed by atoms with Crippen LogP contribution in [0.5, 0.6) is 0 Å². The summed E-state index contributed by atoms with van der Waals surface area (Å²) in [7, 11) is 0. The molecule has 9 nitrogen and oxygen atoms in total. The molecule has 6 aliphatic rings. The Balaban J connectivity index is 1.04. The largest absolute Gasteiger partial charge is 0.435 e. The van der Waals surface area contributed by atoms with Crippen molar-refractivity contribution < 1.29 is 33.6 Å². The Morgan fingerprint density at radius 2 is 1.77 bits per heavy atom. The number of anilines is 1. The van der Waals surface area contributed by atoms with E-state index in [4.69, 9.17) is 24.0 Å². The summed E-state index contributed by atoms with van der Waals surface area (Å²) < 4.78 is 18.6. The van der Waals surface area contributed by atoms with E-state index in [2.05, 4.69) is 50.8 Å². The quantitative estimate of drug-likeness (QED) is 0.388. The summed E-state index contributed by atoms with van der Waals surface area (Å²) in [5.74, 6) is -0.579. The summed E-state index contributed by atoms with van der Waals surface area (Å²) in [6.07, 6.45) is 2.46. The molecule has 5 heterocycles. The van der Waals surface area contributed by atoms with Gasteiger partial charge in [0.15, 0.2) is 11.9 Å². The highest BCUT2D eigenvalue weighted by Gasteiger charge is 2.69. The second-order valence-corrected chi connectivity index (χ2v) is 12.9. The van der Waals surface area contributed by atoms with Crippen molar-refractivity contribution in [1.29, 1.82) is 0 Å². The molecule has 2 bridgehead atoms. The van der Waals surface area contributed by atoms with E-state index in [0.29, 0.717) is 19.0 Å². The molecule has 7 rings (SSSR count). The minimum Gasteiger partial charge on any atom is -0.435 e. The van der Waals surface area contributed by atoms with Crippen LogP contribution in [0, 0.1) is 37.5 Å². The third kappa shape index (κ3) is 4.82. The van der Waals surface area contributed by atoms with Gasteiger partial charge in [-0.2, -0.15) is 0 Å². The van der Waals surface area contributed by atoms with Gasteiger partial charge in [0.1, 0.15) is 0 Å². The van der Waals surface area contributed by atoms with Crippen molar-refractivity contribution in [1.82, 2.24) is 4.90 Å². The van der Waals surface area contributed by atoms with Gasteiger partial charge in [0, 0.05) is 56.5 Å². The van der Waals surface area contributed by atoms with Gasteiger partial charge in [0.25, 0.3) is 0 Å². The molecule has 5 saturated heterocycles. The number of carbonyl (C=O) groups is 2. The SMILES string of the molecule is Cc1ccc(C)c(N2CCN(C(=O)CCC(=O)O[C@@H]3O[C@@H]4O[C@@]5(C)CC[C@@H]6[C@H](C)CC[C@@H]([C@H]3C)[C@@]46OO5)CC2)c1. The second-order valence-electron chi connectivity index (χ2n) is 12.9. The molecule has 9 heteroatoms. The molecule has 1 spiro atoms. The van der Waals surface area contributed by atoms with Crippen LogP contribution in [0.15, 0.2) is 18.2 Å². The normalized spacial score (nSPS) is 38.9. The van der Waals surface area contributed by atoms with Crippen molar-refractivity contribution in [2.75, 3.05) is 31.1 Å². The van der Waals surface area contributed by atoms with Crippen LogP contribution in [0.2, 0.25) is 0 Å². The fraction of sp³-hybridized carbons (Fsp3) is 0.742. The second kappa shape index (κ2) is 10.6. The number of benzene rings is 1. The number of hydrogen-bond acceptors (Lipinski definition) is 8. The number of aryl methyl sites for hydroxylation is 2. The first-order valence-electron chi connectivity index (χ1n) is 15.1. The van der Waals surface area contributed by atoms with Crippen LogP contribution < -0.4 is 4.90 Å². The maximum atomic E-state index is 13.0. The highest BCUT2D eigenvalue weighted by atomic mass is 17.3. The van der Waals surface area contributed by atoms with Crippen molar-refractivity contribution in [3.05, 3.63) is 29.3 Å². The van der Waals surface area contributed by atoms with Crippen LogP contribution >= 0.6 is 0 Å². The number of esters is 1. The summed E-state index contributed by atoms with van der Waals surface area (Å²) in [5, 5.41) is 0. The van der Waals surface area contributed by atoms with E-state index in [1.54, 1.807) is 0 Å². The highest BCUT2D eigenvalue weighted by molar-refractivity contribution is 5.81. The first-order valence-corrected chi connectivity index (χ1v) is 15.1. The van der Waals surface area contributed by atoms with Crippen LogP contribution in [-0.4, -0.2) is 66.9 Å². The zero-order chi connectivity index (χ0) is 28.2. The molecule has 0 aromatic heterocycles. The maximum absolute atomic E-state index is 13.0. The van der Waals surface area contributed by atoms with E-state index in [9.17, 15) is 9.59 Å². The van der Waals surface area contributed by atoms with Gasteiger partial charge in [0.05, 0.1) is 6.42 Å². The lowest BCUT2D eigenvalue weighted by atomic mass is 9.58. The van der Waals surface area contributed by atoms with E-state index < -0.39 is 29.9 Å². The fourth-order valence-corrected chi connectivity index (χ4v) is 7.82. The molecule has 1 saturated carbocycles. The summed E-state index contributed by atoms with van der Waals surface area (Å²) in [4.78, 5) is 42.1. The molecule has 1 aromatic rings. The molecular formula is C31H44N2O7. The molecule has 1 aromatic carbocycles. The van der Waals surface area contributed by atoms with Crippen molar-refractivity contribution in [2.45, 2.75) is 97.1 Å². The number of ether oxygens (including phenoxy) is 3. The lowest BCUT2D eigenvalue weighted by Crippen LogP contribution is -2.70. The van der Waals surface area contributed by atoms with E-state index in [0.717, 1.165) is 38.8 Å². The van der Waals surface area contributed by atoms with Crippen LogP contribution in [0.1, 0.15) is 70.4 Å². The van der Waals surface area contributed by atoms with Gasteiger partial charge in [-0.15, -0.1) is 0 Å². The minimum absolute atomic E-state index is 0.0128. The van der Waals surface area contributed by atoms with Crippen molar-refractivity contribution in [3.8, 4) is 0 Å². The topological polar surface area (TPSA) is 86.8 Å². The van der Waals surface area contributed by atoms with Gasteiger partial charge in [-0.3, -0.25) is 9.59 Å². The predicted molar refractivity (Wildman–Crippen MR) is 147 cm³/mol. The Morgan fingerprint density at radius 1 is 1.00 bits per heavy atom. The number of rotatable bonds is 5. The number of carbonyl (C=O) groups excluding carboxylic acids is 2. The molecular weight excluding hydrogens is 512 g/mol. The number of piperazine rings is 1. The van der Waals surface area contributed by atoms with Gasteiger partial charge in [-0.25, -0.2) is 9.78 Å². The molecule has 1 amide bonds. The third-order valence-corrected chi connectivity index (χ3v) is 10.2. The lowest BCUT2D eigenvalue weighted by molar-refractivity contribution is -0.576. The smallest absolute Gasteiger partial charge is 0.308 e. The molecule has 8 atom stereocenters. The molecule has 0 N–H and O–H groups in total. The first-order chi connectivity index (χ1) is 19.1.